The monoisotopic (exact) mass is 1220 g/mol. The highest BCUT2D eigenvalue weighted by molar-refractivity contribution is 8.76. The van der Waals surface area contributed by atoms with Crippen LogP contribution in [0.1, 0.15) is 76.8 Å². The van der Waals surface area contributed by atoms with Gasteiger partial charge in [0.1, 0.15) is 24.4 Å². The number of aliphatic hydroxyl groups is 1. The molecule has 1 saturated heterocycles. The van der Waals surface area contributed by atoms with Gasteiger partial charge in [0.25, 0.3) is 15.7 Å². The SMILES string of the molecule is CCN1/C(=C/C=C/C=C/C2=[N+](CCCSSCCC(=O)NCC#Cc3cn([C@H]4C[C@@H](O)[C@@H](COP(=O)(O)OP(=O)(O)OP(=O)(O)O)O4)c(=O)[nH]c3=O)c3ccc(S(=O)(=O)O)cc3C2(C)C)C(C)(C)c2cc(SOOO)ccc21. The lowest BCUT2D eigenvalue weighted by molar-refractivity contribution is -0.437. The van der Waals surface area contributed by atoms with Gasteiger partial charge in [0.15, 0.2) is 5.71 Å². The van der Waals surface area contributed by atoms with Crippen LogP contribution in [-0.2, 0) is 66.7 Å². The second-order valence-electron chi connectivity index (χ2n) is 18.2. The summed E-state index contributed by atoms with van der Waals surface area (Å²) in [6.07, 6.45) is 7.28. The molecule has 9 N–H and O–H groups in total. The smallest absolute Gasteiger partial charge is 0.390 e. The summed E-state index contributed by atoms with van der Waals surface area (Å²) in [5.74, 6) is 6.02. The zero-order valence-corrected chi connectivity index (χ0v) is 48.1. The maximum absolute atomic E-state index is 12.6. The highest BCUT2D eigenvalue weighted by Crippen LogP contribution is 2.66. The van der Waals surface area contributed by atoms with Gasteiger partial charge in [-0.2, -0.15) is 21.6 Å². The van der Waals surface area contributed by atoms with E-state index in [4.69, 9.17) is 19.8 Å². The number of carbonyl (C=O) groups excluding carboxylic acids is 1. The molecule has 26 nitrogen and oxygen atoms in total. The number of nitrogens with zero attached hydrogens (tertiary/aromatic N) is 3. The average Bonchev–Trinajstić information content (AvgIpc) is 4.06. The van der Waals surface area contributed by atoms with Crippen molar-refractivity contribution in [3.05, 3.63) is 116 Å². The first-order chi connectivity index (χ1) is 36.5. The van der Waals surface area contributed by atoms with Crippen molar-refractivity contribution in [2.45, 2.75) is 92.9 Å². The van der Waals surface area contributed by atoms with Crippen molar-refractivity contribution in [1.82, 2.24) is 14.9 Å². The van der Waals surface area contributed by atoms with E-state index in [1.807, 2.05) is 56.4 Å². The molecular formula is C45H57N5O21P3S4+. The van der Waals surface area contributed by atoms with Crippen LogP contribution in [0, 0.1) is 11.8 Å². The summed E-state index contributed by atoms with van der Waals surface area (Å²) < 4.78 is 93.8. The standard InChI is InChI=1S/C45H56N5O21P3S4/c1-6-48-34-17-15-30(77-69-68-55)24-32(34)44(2,3)38(48)13-8-7-9-14-39-45(4,5)33-25-31(78(63,64)65)16-18-35(33)49(39)21-11-22-75-76-23-19-40(52)46-20-10-12-29-27-50(43(54)47-42(29)53)41-26-36(51)37(67-41)28-66-73(59,60)71-74(61,62)70-72(56,57)58/h7-9,13-18,24-25,27,36-37,41,51H,6,11,19-23,26,28H2,1-5H3,(H7-,46,47,52,53,54,55,56,57,58,59,60,61,62,63,64,65)/p+1/t36-,37-,41-/m1/s1. The number of phosphoric acid groups is 3. The predicted molar refractivity (Wildman–Crippen MR) is 288 cm³/mol. The van der Waals surface area contributed by atoms with Gasteiger partial charge < -0.3 is 39.6 Å². The normalized spacial score (nSPS) is 20.9. The van der Waals surface area contributed by atoms with Crippen molar-refractivity contribution in [3.8, 4) is 11.8 Å². The minimum Gasteiger partial charge on any atom is -0.390 e. The number of fused-ring (bicyclic) bond motifs is 2. The van der Waals surface area contributed by atoms with E-state index in [0.717, 1.165) is 68.2 Å². The first-order valence-electron chi connectivity index (χ1n) is 23.3. The second-order valence-corrected chi connectivity index (χ2v) is 27.6. The molecule has 0 aliphatic carbocycles. The number of anilines is 1. The molecule has 0 bridgehead atoms. The number of aliphatic hydroxyl groups excluding tert-OH is 1. The molecule has 3 aliphatic heterocycles. The van der Waals surface area contributed by atoms with Gasteiger partial charge in [0, 0.05) is 82.9 Å². The third kappa shape index (κ3) is 16.4. The number of H-pyrrole nitrogens is 1. The molecule has 2 unspecified atom stereocenters. The van der Waals surface area contributed by atoms with Crippen molar-refractivity contribution in [2.24, 2.45) is 0 Å². The van der Waals surface area contributed by atoms with Gasteiger partial charge in [-0.25, -0.2) is 23.7 Å². The third-order valence-corrected chi connectivity index (χ3v) is 20.0. The quantitative estimate of drug-likeness (QED) is 0.00467. The largest absolute Gasteiger partial charge is 0.490 e. The Bertz CT molecular complexity index is 3330. The highest BCUT2D eigenvalue weighted by Gasteiger charge is 2.46. The van der Waals surface area contributed by atoms with Crippen LogP contribution >= 0.6 is 57.1 Å². The number of ether oxygens (including phenoxy) is 1. The summed E-state index contributed by atoms with van der Waals surface area (Å²) in [6, 6.07) is 10.5. The van der Waals surface area contributed by atoms with Crippen molar-refractivity contribution < 1.29 is 93.2 Å². The van der Waals surface area contributed by atoms with Crippen LogP contribution < -0.4 is 21.5 Å². The Morgan fingerprint density at radius 2 is 1.72 bits per heavy atom. The molecule has 0 saturated carbocycles. The number of amides is 1. The maximum atomic E-state index is 12.6. The van der Waals surface area contributed by atoms with Gasteiger partial charge in [-0.3, -0.25) is 28.2 Å². The summed E-state index contributed by atoms with van der Waals surface area (Å²) >= 11 is 0.901. The predicted octanol–water partition coefficient (Wildman–Crippen LogP) is 5.72. The summed E-state index contributed by atoms with van der Waals surface area (Å²) in [5, 5.41) is 25.5. The molecule has 0 spiro atoms. The molecule has 5 atom stereocenters. The van der Waals surface area contributed by atoms with Crippen LogP contribution in [0.15, 0.2) is 98.1 Å². The van der Waals surface area contributed by atoms with E-state index in [-0.39, 0.29) is 41.2 Å². The highest BCUT2D eigenvalue weighted by atomic mass is 33.1. The van der Waals surface area contributed by atoms with E-state index in [1.54, 1.807) is 16.9 Å². The lowest BCUT2D eigenvalue weighted by Crippen LogP contribution is -2.34. The second kappa shape index (κ2) is 26.3. The number of aromatic amines is 1. The molecule has 3 aliphatic rings. The van der Waals surface area contributed by atoms with Crippen LogP contribution in [0.25, 0.3) is 0 Å². The van der Waals surface area contributed by atoms with E-state index in [2.05, 4.69) is 81.0 Å². The first kappa shape index (κ1) is 63.2. The summed E-state index contributed by atoms with van der Waals surface area (Å²) in [6.45, 7) is 10.5. The number of rotatable bonds is 25. The van der Waals surface area contributed by atoms with Crippen molar-refractivity contribution in [3.63, 3.8) is 0 Å². The molecule has 1 amide bonds. The Kier molecular flexibility index (Phi) is 21.3. The summed E-state index contributed by atoms with van der Waals surface area (Å²) in [4.78, 5) is 79.1. The lowest BCUT2D eigenvalue weighted by Gasteiger charge is -2.25. The zero-order valence-electron chi connectivity index (χ0n) is 42.2. The molecule has 1 aromatic heterocycles. The molecule has 78 heavy (non-hydrogen) atoms. The number of nitrogens with one attached hydrogen (secondary N) is 2. The number of aromatic nitrogens is 2. The number of carbonyl (C=O) groups is 1. The maximum Gasteiger partial charge on any atom is 0.490 e. The fourth-order valence-corrected chi connectivity index (χ4v) is 14.7. The molecule has 33 heteroatoms. The Labute approximate surface area is 459 Å². The number of hydrogen-bond donors (Lipinski definition) is 9. The molecule has 3 aromatic rings. The number of hydrogen-bond acceptors (Lipinski definition) is 20. The molecule has 6 rings (SSSR count). The first-order valence-corrected chi connectivity index (χ1v) is 32.5. The lowest BCUT2D eigenvalue weighted by atomic mass is 9.81. The fraction of sp³-hybridized carbons (Fsp3) is 0.422. The molecule has 2 aromatic carbocycles. The number of likely N-dealkylation sites (N-methyl/N-ethyl adjacent to an activating group) is 1. The Morgan fingerprint density at radius 1 is 0.987 bits per heavy atom. The minimum absolute atomic E-state index is 0.143. The van der Waals surface area contributed by atoms with Crippen molar-refractivity contribution >= 4 is 90.2 Å². The van der Waals surface area contributed by atoms with E-state index in [1.165, 1.54) is 22.9 Å². The van der Waals surface area contributed by atoms with Crippen LogP contribution in [0.3, 0.4) is 0 Å². The Hall–Kier alpha value is -3.99. The Balaban J connectivity index is 0.999. The Morgan fingerprint density at radius 3 is 2.41 bits per heavy atom. The van der Waals surface area contributed by atoms with Gasteiger partial charge in [-0.15, -0.1) is 4.33 Å². The van der Waals surface area contributed by atoms with Crippen LogP contribution in [0.5, 0.6) is 0 Å². The van der Waals surface area contributed by atoms with E-state index < -0.39 is 75.3 Å². The van der Waals surface area contributed by atoms with E-state index >= 15 is 0 Å². The third-order valence-electron chi connectivity index (χ3n) is 12.2. The molecule has 1 fully saturated rings. The van der Waals surface area contributed by atoms with E-state index in [0.29, 0.717) is 24.5 Å². The van der Waals surface area contributed by atoms with Gasteiger partial charge in [0.2, 0.25) is 11.6 Å². The van der Waals surface area contributed by atoms with Crippen LogP contribution in [-0.4, -0.2) is 119 Å². The summed E-state index contributed by atoms with van der Waals surface area (Å²) in [7, 11) is -18.4. The molecule has 426 valence electrons. The van der Waals surface area contributed by atoms with Gasteiger partial charge in [-0.05, 0) is 62.7 Å². The van der Waals surface area contributed by atoms with E-state index in [9.17, 15) is 55.9 Å². The minimum atomic E-state index is -5.80. The topological polar surface area (TPSA) is 373 Å². The number of phosphoric ester groups is 1. The van der Waals surface area contributed by atoms with Crippen LogP contribution in [0.2, 0.25) is 0 Å². The number of allylic oxidation sites excluding steroid dienone is 6. The summed E-state index contributed by atoms with van der Waals surface area (Å²) in [5.41, 5.74) is 2.64. The average molecular weight is 1230 g/mol. The number of benzene rings is 2. The van der Waals surface area contributed by atoms with Crippen molar-refractivity contribution in [2.75, 3.05) is 42.6 Å². The molecule has 0 radical (unpaired) electrons. The fourth-order valence-electron chi connectivity index (χ4n) is 8.71. The van der Waals surface area contributed by atoms with Crippen molar-refractivity contribution in [1.29, 1.82) is 0 Å². The molecule has 4 heterocycles. The van der Waals surface area contributed by atoms with Crippen LogP contribution in [0.4, 0.5) is 11.4 Å². The van der Waals surface area contributed by atoms with Gasteiger partial charge in [0.05, 0.1) is 41.6 Å². The molecular weight excluding hydrogens is 1170 g/mol. The van der Waals surface area contributed by atoms with Gasteiger partial charge in [-0.1, -0.05) is 70.5 Å². The zero-order chi connectivity index (χ0) is 57.4. The van der Waals surface area contributed by atoms with Gasteiger partial charge >= 0.3 is 29.2 Å².